The maximum atomic E-state index is 13.5. The number of hydrogen-bond donors (Lipinski definition) is 0. The first-order valence-corrected chi connectivity index (χ1v) is 13.1. The zero-order valence-electron chi connectivity index (χ0n) is 21.3. The Kier molecular flexibility index (Phi) is 9.13. The third-order valence-corrected chi connectivity index (χ3v) is 6.78. The number of imide groups is 2. The molecule has 198 valence electrons. The van der Waals surface area contributed by atoms with E-state index in [4.69, 9.17) is 14.7 Å². The number of nitrogens with zero attached hydrogens (tertiary/aromatic N) is 3. The summed E-state index contributed by atoms with van der Waals surface area (Å²) in [6, 6.07) is 23.6. The van der Waals surface area contributed by atoms with E-state index >= 15 is 0 Å². The zero-order valence-corrected chi connectivity index (χ0v) is 22.9. The Labute approximate surface area is 235 Å². The molecule has 0 aliphatic carbocycles. The van der Waals surface area contributed by atoms with E-state index in [0.29, 0.717) is 34.4 Å². The number of methoxy groups -OCH3 is 1. The predicted molar refractivity (Wildman–Crippen MR) is 149 cm³/mol. The molecular formula is C30H26BrN3O5. The summed E-state index contributed by atoms with van der Waals surface area (Å²) in [5.41, 5.74) is 2.30. The van der Waals surface area contributed by atoms with Gasteiger partial charge >= 0.3 is 6.03 Å². The van der Waals surface area contributed by atoms with Crippen LogP contribution in [-0.2, 0) is 22.4 Å². The second-order valence-corrected chi connectivity index (χ2v) is 9.56. The monoisotopic (exact) mass is 587 g/mol. The maximum absolute atomic E-state index is 13.5. The molecule has 39 heavy (non-hydrogen) atoms. The summed E-state index contributed by atoms with van der Waals surface area (Å²) in [6.45, 7) is 0.0748. The van der Waals surface area contributed by atoms with Crippen molar-refractivity contribution in [1.29, 1.82) is 5.26 Å². The molecule has 4 rings (SSSR count). The summed E-state index contributed by atoms with van der Waals surface area (Å²) in [5, 5.41) is 8.86. The number of barbiturate groups is 1. The van der Waals surface area contributed by atoms with Crippen molar-refractivity contribution in [2.45, 2.75) is 12.8 Å². The number of urea groups is 1. The van der Waals surface area contributed by atoms with Crippen LogP contribution in [0.25, 0.3) is 6.08 Å². The van der Waals surface area contributed by atoms with Gasteiger partial charge in [0.2, 0.25) is 0 Å². The van der Waals surface area contributed by atoms with Gasteiger partial charge in [-0.05, 0) is 63.7 Å². The van der Waals surface area contributed by atoms with E-state index in [1.807, 2.05) is 66.7 Å². The summed E-state index contributed by atoms with van der Waals surface area (Å²) < 4.78 is 11.3. The summed E-state index contributed by atoms with van der Waals surface area (Å²) in [7, 11) is 1.45. The lowest BCUT2D eigenvalue weighted by Crippen LogP contribution is -2.57. The molecule has 0 atom stereocenters. The van der Waals surface area contributed by atoms with Crippen LogP contribution in [0.2, 0.25) is 0 Å². The predicted octanol–water partition coefficient (Wildman–Crippen LogP) is 5.02. The van der Waals surface area contributed by atoms with E-state index in [9.17, 15) is 14.4 Å². The quantitative estimate of drug-likeness (QED) is 0.244. The lowest BCUT2D eigenvalue weighted by Gasteiger charge is -2.34. The molecule has 4 amide bonds. The van der Waals surface area contributed by atoms with Gasteiger partial charge in [-0.2, -0.15) is 5.26 Å². The molecule has 0 saturated carbocycles. The molecule has 0 unspecified atom stereocenters. The van der Waals surface area contributed by atoms with Crippen molar-refractivity contribution >= 4 is 39.9 Å². The number of hydrogen-bond acceptors (Lipinski definition) is 6. The fourth-order valence-corrected chi connectivity index (χ4v) is 4.80. The van der Waals surface area contributed by atoms with Crippen molar-refractivity contribution in [3.8, 4) is 17.6 Å². The first-order valence-electron chi connectivity index (χ1n) is 12.3. The molecule has 3 aromatic rings. The van der Waals surface area contributed by atoms with E-state index in [1.165, 1.54) is 13.2 Å². The van der Waals surface area contributed by atoms with Crippen LogP contribution >= 0.6 is 15.9 Å². The van der Waals surface area contributed by atoms with Crippen LogP contribution in [0.1, 0.15) is 16.7 Å². The second-order valence-electron chi connectivity index (χ2n) is 8.71. The van der Waals surface area contributed by atoms with E-state index < -0.39 is 17.8 Å². The summed E-state index contributed by atoms with van der Waals surface area (Å²) in [6.07, 6.45) is 2.36. The van der Waals surface area contributed by atoms with Crippen LogP contribution in [-0.4, -0.2) is 54.5 Å². The Balaban J connectivity index is 1.67. The molecular weight excluding hydrogens is 562 g/mol. The standard InChI is InChI=1S/C30H26BrN3O5/c1-38-26-20-23(19-25(31)27(26)39-17-14-32)18-24-28(35)33(15-12-21-8-4-2-5-9-21)30(37)34(29(24)36)16-13-22-10-6-3-7-11-22/h2-11,18-20H,12-13,15-17H2,1H3. The number of nitriles is 1. The van der Waals surface area contributed by atoms with Crippen LogP contribution < -0.4 is 9.47 Å². The van der Waals surface area contributed by atoms with Crippen LogP contribution in [0.4, 0.5) is 4.79 Å². The maximum Gasteiger partial charge on any atom is 0.333 e. The zero-order chi connectivity index (χ0) is 27.8. The van der Waals surface area contributed by atoms with Crippen molar-refractivity contribution in [2.24, 2.45) is 0 Å². The van der Waals surface area contributed by atoms with Gasteiger partial charge in [-0.25, -0.2) is 4.79 Å². The normalized spacial score (nSPS) is 13.4. The first-order chi connectivity index (χ1) is 18.9. The largest absolute Gasteiger partial charge is 0.493 e. The number of carbonyl (C=O) groups excluding carboxylic acids is 3. The minimum Gasteiger partial charge on any atom is -0.493 e. The highest BCUT2D eigenvalue weighted by molar-refractivity contribution is 9.10. The molecule has 3 aromatic carbocycles. The Morgan fingerprint density at radius 2 is 1.41 bits per heavy atom. The van der Waals surface area contributed by atoms with Crippen molar-refractivity contribution in [3.63, 3.8) is 0 Å². The molecule has 1 fully saturated rings. The van der Waals surface area contributed by atoms with Crippen LogP contribution in [0, 0.1) is 11.3 Å². The lowest BCUT2D eigenvalue weighted by atomic mass is 10.0. The smallest absolute Gasteiger partial charge is 0.333 e. The molecule has 1 aliphatic rings. The number of halogens is 1. The minimum atomic E-state index is -0.656. The topological polar surface area (TPSA) is 99.9 Å². The van der Waals surface area contributed by atoms with Gasteiger partial charge in [0.15, 0.2) is 18.1 Å². The summed E-state index contributed by atoms with van der Waals surface area (Å²) >= 11 is 3.41. The van der Waals surface area contributed by atoms with E-state index in [-0.39, 0.29) is 25.3 Å². The molecule has 0 N–H and O–H groups in total. The van der Waals surface area contributed by atoms with Gasteiger partial charge in [-0.1, -0.05) is 60.7 Å². The summed E-state index contributed by atoms with van der Waals surface area (Å²) in [4.78, 5) is 42.7. The minimum absolute atomic E-state index is 0.127. The first kappa shape index (κ1) is 27.6. The average Bonchev–Trinajstić information content (AvgIpc) is 2.95. The van der Waals surface area contributed by atoms with E-state index in [0.717, 1.165) is 20.9 Å². The highest BCUT2D eigenvalue weighted by Crippen LogP contribution is 2.37. The van der Waals surface area contributed by atoms with E-state index in [1.54, 1.807) is 12.1 Å². The molecule has 0 aromatic heterocycles. The number of amides is 4. The van der Waals surface area contributed by atoms with Crippen LogP contribution in [0.3, 0.4) is 0 Å². The number of carbonyl (C=O) groups is 3. The average molecular weight is 588 g/mol. The Bertz CT molecular complexity index is 1370. The molecule has 0 spiro atoms. The van der Waals surface area contributed by atoms with Crippen molar-refractivity contribution in [3.05, 3.63) is 99.5 Å². The molecule has 8 nitrogen and oxygen atoms in total. The molecule has 1 saturated heterocycles. The van der Waals surface area contributed by atoms with Gasteiger partial charge in [0, 0.05) is 13.1 Å². The van der Waals surface area contributed by atoms with Gasteiger partial charge in [-0.3, -0.25) is 19.4 Å². The van der Waals surface area contributed by atoms with Gasteiger partial charge in [-0.15, -0.1) is 0 Å². The number of benzene rings is 3. The van der Waals surface area contributed by atoms with Gasteiger partial charge < -0.3 is 9.47 Å². The molecule has 1 heterocycles. The van der Waals surface area contributed by atoms with Gasteiger partial charge in [0.05, 0.1) is 11.6 Å². The molecule has 1 aliphatic heterocycles. The third-order valence-electron chi connectivity index (χ3n) is 6.19. The molecule has 0 radical (unpaired) electrons. The lowest BCUT2D eigenvalue weighted by molar-refractivity contribution is -0.135. The van der Waals surface area contributed by atoms with Crippen LogP contribution in [0.15, 0.2) is 82.8 Å². The Morgan fingerprint density at radius 1 is 0.872 bits per heavy atom. The van der Waals surface area contributed by atoms with Crippen molar-refractivity contribution < 1.29 is 23.9 Å². The van der Waals surface area contributed by atoms with Gasteiger partial charge in [0.25, 0.3) is 11.8 Å². The fourth-order valence-electron chi connectivity index (χ4n) is 4.23. The number of rotatable bonds is 10. The van der Waals surface area contributed by atoms with Crippen LogP contribution in [0.5, 0.6) is 11.5 Å². The van der Waals surface area contributed by atoms with Gasteiger partial charge in [0.1, 0.15) is 11.6 Å². The SMILES string of the molecule is COc1cc(C=C2C(=O)N(CCc3ccccc3)C(=O)N(CCc3ccccc3)C2=O)cc(Br)c1OCC#N. The van der Waals surface area contributed by atoms with Crippen molar-refractivity contribution in [2.75, 3.05) is 26.8 Å². The fraction of sp³-hybridized carbons (Fsp3) is 0.200. The van der Waals surface area contributed by atoms with E-state index in [2.05, 4.69) is 15.9 Å². The van der Waals surface area contributed by atoms with Crippen molar-refractivity contribution in [1.82, 2.24) is 9.80 Å². The highest BCUT2D eigenvalue weighted by atomic mass is 79.9. The molecule has 0 bridgehead atoms. The Hall–Kier alpha value is -4.42. The summed E-state index contributed by atoms with van der Waals surface area (Å²) in [5.74, 6) is -0.666. The third kappa shape index (κ3) is 6.54. The second kappa shape index (κ2) is 12.9. The molecule has 9 heteroatoms. The number of ether oxygens (including phenoxy) is 2. The highest BCUT2D eigenvalue weighted by Gasteiger charge is 2.41. The Morgan fingerprint density at radius 3 is 1.90 bits per heavy atom.